The highest BCUT2D eigenvalue weighted by Gasteiger charge is 2.30. The lowest BCUT2D eigenvalue weighted by Gasteiger charge is -2.26. The van der Waals surface area contributed by atoms with Gasteiger partial charge in [0.2, 0.25) is 5.44 Å². The summed E-state index contributed by atoms with van der Waals surface area (Å²) in [5.74, 6) is 1.09. The number of rotatable bonds is 7. The van der Waals surface area contributed by atoms with Crippen molar-refractivity contribution in [3.63, 3.8) is 0 Å². The molecule has 1 atom stereocenters. The summed E-state index contributed by atoms with van der Waals surface area (Å²) in [5, 5.41) is 7.98. The van der Waals surface area contributed by atoms with E-state index in [4.69, 9.17) is 9.26 Å². The molecule has 0 aliphatic heterocycles. The average molecular weight is 418 g/mol. The van der Waals surface area contributed by atoms with E-state index in [9.17, 15) is 4.79 Å². The standard InChI is InChI=1S/C20H23N3O3S2/c1-12-8-17(23-26-12)20(2,3)22-18(24)19(28-5)25-14-6-7-16-13(9-14)10-15(27-4)11-21-16/h6-11,19H,1-5H3,(H,22,24). The molecule has 1 aromatic carbocycles. The fraction of sp³-hybridized carbons (Fsp3) is 0.350. The van der Waals surface area contributed by atoms with Crippen LogP contribution in [0.25, 0.3) is 10.9 Å². The van der Waals surface area contributed by atoms with Gasteiger partial charge in [-0.15, -0.1) is 23.5 Å². The van der Waals surface area contributed by atoms with Crippen LogP contribution in [0.5, 0.6) is 5.75 Å². The van der Waals surface area contributed by atoms with E-state index in [2.05, 4.69) is 21.5 Å². The van der Waals surface area contributed by atoms with Crippen LogP contribution in [0.3, 0.4) is 0 Å². The third-order valence-corrected chi connectivity index (χ3v) is 5.67. The van der Waals surface area contributed by atoms with Crippen molar-refractivity contribution >= 4 is 40.3 Å². The molecule has 28 heavy (non-hydrogen) atoms. The predicted molar refractivity (Wildman–Crippen MR) is 114 cm³/mol. The number of aryl methyl sites for hydroxylation is 1. The average Bonchev–Trinajstić information content (AvgIpc) is 3.12. The molecule has 2 aromatic heterocycles. The second-order valence-corrected chi connectivity index (χ2v) is 8.63. The van der Waals surface area contributed by atoms with Gasteiger partial charge in [0.05, 0.1) is 11.1 Å². The number of carbonyl (C=O) groups is 1. The number of aromatic nitrogens is 2. The molecule has 0 aliphatic carbocycles. The Bertz CT molecular complexity index is 988. The molecule has 3 aromatic rings. The summed E-state index contributed by atoms with van der Waals surface area (Å²) in [7, 11) is 0. The molecular weight excluding hydrogens is 394 g/mol. The summed E-state index contributed by atoms with van der Waals surface area (Å²) in [6, 6.07) is 9.51. The van der Waals surface area contributed by atoms with Gasteiger partial charge in [-0.2, -0.15) is 0 Å². The van der Waals surface area contributed by atoms with Crippen LogP contribution in [0.2, 0.25) is 0 Å². The van der Waals surface area contributed by atoms with Crippen molar-refractivity contribution in [3.8, 4) is 5.75 Å². The van der Waals surface area contributed by atoms with Crippen molar-refractivity contribution in [2.75, 3.05) is 12.5 Å². The van der Waals surface area contributed by atoms with Gasteiger partial charge in [-0.1, -0.05) is 5.16 Å². The molecular formula is C20H23N3O3S2. The third-order valence-electron chi connectivity index (χ3n) is 4.24. The SMILES string of the molecule is CSc1cnc2ccc(OC(SC)C(=O)NC(C)(C)c3cc(C)on3)cc2c1. The van der Waals surface area contributed by atoms with Gasteiger partial charge in [-0.05, 0) is 57.5 Å². The Morgan fingerprint density at radius 1 is 1.25 bits per heavy atom. The van der Waals surface area contributed by atoms with Gasteiger partial charge in [-0.3, -0.25) is 9.78 Å². The van der Waals surface area contributed by atoms with Crippen molar-refractivity contribution in [2.45, 2.75) is 36.6 Å². The highest BCUT2D eigenvalue weighted by molar-refractivity contribution is 7.99. The number of pyridine rings is 1. The molecule has 3 rings (SSSR count). The van der Waals surface area contributed by atoms with Crippen molar-refractivity contribution in [2.24, 2.45) is 0 Å². The van der Waals surface area contributed by atoms with Gasteiger partial charge >= 0.3 is 0 Å². The van der Waals surface area contributed by atoms with Crippen molar-refractivity contribution in [1.82, 2.24) is 15.5 Å². The number of thioether (sulfide) groups is 2. The van der Waals surface area contributed by atoms with Crippen LogP contribution in [0.4, 0.5) is 0 Å². The quantitative estimate of drug-likeness (QED) is 0.452. The van der Waals surface area contributed by atoms with E-state index in [1.54, 1.807) is 11.8 Å². The second kappa shape index (κ2) is 8.45. The first kappa shape index (κ1) is 20.5. The molecule has 0 aliphatic rings. The van der Waals surface area contributed by atoms with Crippen molar-refractivity contribution < 1.29 is 14.1 Å². The fourth-order valence-electron chi connectivity index (χ4n) is 2.70. The highest BCUT2D eigenvalue weighted by atomic mass is 32.2. The number of fused-ring (bicyclic) bond motifs is 1. The van der Waals surface area contributed by atoms with E-state index in [-0.39, 0.29) is 5.91 Å². The van der Waals surface area contributed by atoms with Crippen molar-refractivity contribution in [1.29, 1.82) is 0 Å². The molecule has 6 nitrogen and oxygen atoms in total. The van der Waals surface area contributed by atoms with Crippen LogP contribution in [0.1, 0.15) is 25.3 Å². The number of hydrogen-bond donors (Lipinski definition) is 1. The van der Waals surface area contributed by atoms with E-state index in [0.717, 1.165) is 15.8 Å². The normalized spacial score (nSPS) is 12.8. The summed E-state index contributed by atoms with van der Waals surface area (Å²) in [5.41, 5.74) is 0.186. The number of nitrogens with one attached hydrogen (secondary N) is 1. The molecule has 2 heterocycles. The lowest BCUT2D eigenvalue weighted by Crippen LogP contribution is -2.46. The van der Waals surface area contributed by atoms with Gasteiger partial charge < -0.3 is 14.6 Å². The number of benzene rings is 1. The number of amides is 1. The van der Waals surface area contributed by atoms with Gasteiger partial charge in [0.15, 0.2) is 0 Å². The van der Waals surface area contributed by atoms with E-state index < -0.39 is 11.0 Å². The number of hydrogen-bond acceptors (Lipinski definition) is 7. The van der Waals surface area contributed by atoms with Gasteiger partial charge in [0.1, 0.15) is 17.2 Å². The first-order valence-corrected chi connectivity index (χ1v) is 11.2. The topological polar surface area (TPSA) is 77.2 Å². The second-order valence-electron chi connectivity index (χ2n) is 6.85. The zero-order valence-corrected chi connectivity index (χ0v) is 18.1. The monoisotopic (exact) mass is 417 g/mol. The molecule has 1 N–H and O–H groups in total. The Morgan fingerprint density at radius 3 is 2.68 bits per heavy atom. The fourth-order valence-corrected chi connectivity index (χ4v) is 3.58. The van der Waals surface area contributed by atoms with Gasteiger partial charge in [-0.25, -0.2) is 0 Å². The lowest BCUT2D eigenvalue weighted by atomic mass is 10.0. The summed E-state index contributed by atoms with van der Waals surface area (Å²) < 4.78 is 11.1. The van der Waals surface area contributed by atoms with Crippen molar-refractivity contribution in [3.05, 3.63) is 48.0 Å². The zero-order chi connectivity index (χ0) is 20.3. The first-order chi connectivity index (χ1) is 13.3. The summed E-state index contributed by atoms with van der Waals surface area (Å²) in [6.45, 7) is 5.58. The maximum atomic E-state index is 12.8. The Kier molecular flexibility index (Phi) is 6.20. The van der Waals surface area contributed by atoms with Crippen LogP contribution in [0, 0.1) is 6.92 Å². The smallest absolute Gasteiger partial charge is 0.272 e. The van der Waals surface area contributed by atoms with E-state index in [1.807, 2.05) is 63.7 Å². The number of ether oxygens (including phenoxy) is 1. The molecule has 0 radical (unpaired) electrons. The molecule has 8 heteroatoms. The molecule has 0 saturated carbocycles. The van der Waals surface area contributed by atoms with E-state index in [0.29, 0.717) is 17.2 Å². The van der Waals surface area contributed by atoms with Gasteiger partial charge in [0.25, 0.3) is 5.91 Å². The zero-order valence-electron chi connectivity index (χ0n) is 16.5. The molecule has 0 saturated heterocycles. The maximum absolute atomic E-state index is 12.8. The summed E-state index contributed by atoms with van der Waals surface area (Å²) in [6.07, 6.45) is 5.70. The first-order valence-electron chi connectivity index (χ1n) is 8.71. The molecule has 1 amide bonds. The molecule has 0 fully saturated rings. The van der Waals surface area contributed by atoms with Gasteiger partial charge in [0, 0.05) is 22.5 Å². The van der Waals surface area contributed by atoms with Crippen LogP contribution in [-0.4, -0.2) is 34.0 Å². The third kappa shape index (κ3) is 4.62. The Hall–Kier alpha value is -2.19. The predicted octanol–water partition coefficient (Wildman–Crippen LogP) is 4.37. The van der Waals surface area contributed by atoms with Crippen LogP contribution < -0.4 is 10.1 Å². The van der Waals surface area contributed by atoms with Crippen LogP contribution >= 0.6 is 23.5 Å². The van der Waals surface area contributed by atoms with E-state index in [1.165, 1.54) is 11.8 Å². The molecule has 148 valence electrons. The Balaban J connectivity index is 1.76. The highest BCUT2D eigenvalue weighted by Crippen LogP contribution is 2.26. The largest absolute Gasteiger partial charge is 0.470 e. The maximum Gasteiger partial charge on any atom is 0.272 e. The van der Waals surface area contributed by atoms with Crippen LogP contribution in [0.15, 0.2) is 45.9 Å². The summed E-state index contributed by atoms with van der Waals surface area (Å²) in [4.78, 5) is 18.3. The lowest BCUT2D eigenvalue weighted by molar-refractivity contribution is -0.126. The minimum Gasteiger partial charge on any atom is -0.470 e. The molecule has 1 unspecified atom stereocenters. The minimum absolute atomic E-state index is 0.228. The Labute approximate surface area is 172 Å². The minimum atomic E-state index is -0.693. The van der Waals surface area contributed by atoms with Crippen LogP contribution in [-0.2, 0) is 10.3 Å². The number of carbonyl (C=O) groups excluding carboxylic acids is 1. The molecule has 0 bridgehead atoms. The number of nitrogens with zero attached hydrogens (tertiary/aromatic N) is 2. The Morgan fingerprint density at radius 2 is 2.04 bits per heavy atom. The summed E-state index contributed by atoms with van der Waals surface area (Å²) >= 11 is 2.96. The van der Waals surface area contributed by atoms with E-state index >= 15 is 0 Å². The molecule has 0 spiro atoms.